The number of aliphatic hydroxyl groups excluding tert-OH is 1. The topological polar surface area (TPSA) is 106 Å². The van der Waals surface area contributed by atoms with Gasteiger partial charge in [-0.05, 0) is 55.7 Å². The van der Waals surface area contributed by atoms with Crippen molar-refractivity contribution < 1.29 is 24.2 Å². The molecule has 0 saturated carbocycles. The molecule has 0 saturated heterocycles. The zero-order valence-electron chi connectivity index (χ0n) is 23.8. The molecule has 0 aliphatic carbocycles. The van der Waals surface area contributed by atoms with Gasteiger partial charge in [0.25, 0.3) is 0 Å². The smallest absolute Gasteiger partial charge is 0.245 e. The number of aromatic nitrogens is 2. The minimum absolute atomic E-state index is 0.182. The number of nitrogens with one attached hydrogen (secondary N) is 1. The molecule has 0 aliphatic heterocycles. The van der Waals surface area contributed by atoms with Gasteiger partial charge in [0.1, 0.15) is 6.54 Å². The van der Waals surface area contributed by atoms with E-state index in [9.17, 15) is 14.7 Å². The first-order valence-electron chi connectivity index (χ1n) is 13.5. The number of hydrogen-bond acceptors (Lipinski definition) is 6. The maximum Gasteiger partial charge on any atom is 0.245 e. The summed E-state index contributed by atoms with van der Waals surface area (Å²) in [4.78, 5) is 28.8. The second-order valence-electron chi connectivity index (χ2n) is 9.82. The number of carbonyl (C=O) groups is 2. The summed E-state index contributed by atoms with van der Waals surface area (Å²) in [6, 6.07) is 24.3. The lowest BCUT2D eigenvalue weighted by Gasteiger charge is -2.30. The van der Waals surface area contributed by atoms with Crippen molar-refractivity contribution in [1.29, 1.82) is 0 Å². The number of aliphatic hydroxyl groups is 1. The molecule has 0 spiro atoms. The van der Waals surface area contributed by atoms with Gasteiger partial charge < -0.3 is 24.8 Å². The van der Waals surface area contributed by atoms with E-state index in [1.807, 2.05) is 80.7 Å². The molecule has 9 heteroatoms. The first-order chi connectivity index (χ1) is 19.9. The molecule has 1 atom stereocenters. The van der Waals surface area contributed by atoms with Gasteiger partial charge in [0.05, 0.1) is 25.8 Å². The van der Waals surface area contributed by atoms with Gasteiger partial charge in [-0.3, -0.25) is 9.59 Å². The minimum atomic E-state index is -0.674. The Hall–Kier alpha value is -4.63. The molecule has 0 radical (unpaired) electrons. The summed E-state index contributed by atoms with van der Waals surface area (Å²) >= 11 is 0. The van der Waals surface area contributed by atoms with Gasteiger partial charge >= 0.3 is 0 Å². The Morgan fingerprint density at radius 1 is 0.951 bits per heavy atom. The van der Waals surface area contributed by atoms with Crippen LogP contribution in [0, 0.1) is 0 Å². The minimum Gasteiger partial charge on any atom is -0.493 e. The van der Waals surface area contributed by atoms with Gasteiger partial charge in [-0.25, -0.2) is 4.68 Å². The summed E-state index contributed by atoms with van der Waals surface area (Å²) in [6.07, 6.45) is 2.07. The summed E-state index contributed by atoms with van der Waals surface area (Å²) in [5, 5.41) is 17.4. The van der Waals surface area contributed by atoms with Crippen molar-refractivity contribution in [2.24, 2.45) is 0 Å². The van der Waals surface area contributed by atoms with Crippen LogP contribution in [0.2, 0.25) is 0 Å². The number of nitrogens with zero attached hydrogens (tertiary/aromatic N) is 3. The highest BCUT2D eigenvalue weighted by molar-refractivity contribution is 5.97. The molecule has 3 aromatic carbocycles. The Bertz CT molecular complexity index is 1450. The number of anilines is 1. The molecule has 0 bridgehead atoms. The lowest BCUT2D eigenvalue weighted by Crippen LogP contribution is -2.45. The van der Waals surface area contributed by atoms with Crippen molar-refractivity contribution in [2.75, 3.05) is 32.7 Å². The van der Waals surface area contributed by atoms with Crippen molar-refractivity contribution in [1.82, 2.24) is 14.7 Å². The molecule has 1 aromatic heterocycles. The Balaban J connectivity index is 1.60. The molecule has 214 valence electrons. The van der Waals surface area contributed by atoms with Gasteiger partial charge in [0.2, 0.25) is 11.8 Å². The molecule has 0 fully saturated rings. The maximum absolute atomic E-state index is 13.8. The molecule has 0 aliphatic rings. The zero-order chi connectivity index (χ0) is 29.4. The van der Waals surface area contributed by atoms with Crippen LogP contribution in [0.25, 0.3) is 16.8 Å². The number of rotatable bonds is 12. The van der Waals surface area contributed by atoms with Crippen molar-refractivity contribution in [3.63, 3.8) is 0 Å². The highest BCUT2D eigenvalue weighted by Crippen LogP contribution is 2.33. The van der Waals surface area contributed by atoms with Crippen LogP contribution >= 0.6 is 0 Å². The largest absolute Gasteiger partial charge is 0.493 e. The van der Waals surface area contributed by atoms with Gasteiger partial charge in [-0.1, -0.05) is 54.6 Å². The molecule has 9 nitrogen and oxygen atoms in total. The third kappa shape index (κ3) is 6.93. The fourth-order valence-corrected chi connectivity index (χ4v) is 4.68. The average Bonchev–Trinajstić information content (AvgIpc) is 3.42. The summed E-state index contributed by atoms with van der Waals surface area (Å²) in [7, 11) is 3.07. The summed E-state index contributed by atoms with van der Waals surface area (Å²) < 4.78 is 12.5. The summed E-state index contributed by atoms with van der Waals surface area (Å²) in [6.45, 7) is 3.34. The van der Waals surface area contributed by atoms with Crippen molar-refractivity contribution in [3.05, 3.63) is 90.6 Å². The molecule has 4 rings (SSSR count). The Kier molecular flexibility index (Phi) is 9.76. The second kappa shape index (κ2) is 13.6. The molecule has 41 heavy (non-hydrogen) atoms. The van der Waals surface area contributed by atoms with E-state index in [4.69, 9.17) is 9.47 Å². The lowest BCUT2D eigenvalue weighted by atomic mass is 9.93. The van der Waals surface area contributed by atoms with E-state index in [0.29, 0.717) is 22.9 Å². The van der Waals surface area contributed by atoms with Gasteiger partial charge in [0.15, 0.2) is 17.3 Å². The fourth-order valence-electron chi connectivity index (χ4n) is 4.68. The van der Waals surface area contributed by atoms with Crippen LogP contribution in [0.3, 0.4) is 0 Å². The number of ether oxygens (including phenoxy) is 2. The van der Waals surface area contributed by atoms with Crippen LogP contribution in [0.5, 0.6) is 11.5 Å². The van der Waals surface area contributed by atoms with Crippen LogP contribution in [-0.2, 0) is 9.59 Å². The number of para-hydroxylation sites is 1. The second-order valence-corrected chi connectivity index (χ2v) is 9.82. The normalized spacial score (nSPS) is 11.7. The highest BCUT2D eigenvalue weighted by atomic mass is 16.5. The fraction of sp³-hybridized carbons (Fsp3) is 0.281. The summed E-state index contributed by atoms with van der Waals surface area (Å²) in [5.74, 6) is 0.0972. The van der Waals surface area contributed by atoms with Gasteiger partial charge in [-0.2, -0.15) is 0 Å². The van der Waals surface area contributed by atoms with Crippen molar-refractivity contribution in [3.8, 4) is 28.3 Å². The number of methoxy groups -OCH3 is 2. The monoisotopic (exact) mass is 556 g/mol. The lowest BCUT2D eigenvalue weighted by molar-refractivity contribution is -0.138. The average molecular weight is 557 g/mol. The molecule has 2 amide bonds. The van der Waals surface area contributed by atoms with Crippen LogP contribution < -0.4 is 14.8 Å². The first-order valence-corrected chi connectivity index (χ1v) is 13.5. The van der Waals surface area contributed by atoms with Crippen molar-refractivity contribution in [2.45, 2.75) is 32.2 Å². The van der Waals surface area contributed by atoms with Crippen molar-refractivity contribution >= 4 is 17.6 Å². The zero-order valence-corrected chi connectivity index (χ0v) is 23.8. The van der Waals surface area contributed by atoms with Crippen LogP contribution in [-0.4, -0.2) is 65.0 Å². The standard InChI is InChI=1S/C32H36N4O5/c1-22(2)35(32(39)26(17-18-37)24-15-16-28(40-3)29(19-24)41-4)21-30(38)33-31-27(23-11-7-5-8-12-23)20-36(34-31)25-13-9-6-10-14-25/h5-16,19-20,22,26,37H,17-18,21H2,1-4H3,(H,33,34,38). The molecule has 2 N–H and O–H groups in total. The number of benzene rings is 3. The van der Waals surface area contributed by atoms with E-state index in [1.54, 1.807) is 30.0 Å². The molecular formula is C32H36N4O5. The van der Waals surface area contributed by atoms with Crippen LogP contribution in [0.15, 0.2) is 85.1 Å². The number of carbonyl (C=O) groups excluding carboxylic acids is 2. The van der Waals surface area contributed by atoms with E-state index in [0.717, 1.165) is 16.8 Å². The quantitative estimate of drug-likeness (QED) is 0.257. The van der Waals surface area contributed by atoms with E-state index in [1.165, 1.54) is 12.0 Å². The van der Waals surface area contributed by atoms with E-state index in [2.05, 4.69) is 10.4 Å². The van der Waals surface area contributed by atoms with E-state index in [-0.39, 0.29) is 37.4 Å². The molecule has 1 heterocycles. The first kappa shape index (κ1) is 29.4. The SMILES string of the molecule is COc1ccc(C(CCO)C(=O)N(CC(=O)Nc2nn(-c3ccccc3)cc2-c2ccccc2)C(C)C)cc1OC. The number of hydrogen-bond donors (Lipinski definition) is 2. The van der Waals surface area contributed by atoms with Crippen LogP contribution in [0.4, 0.5) is 5.82 Å². The molecule has 4 aromatic rings. The Morgan fingerprint density at radius 3 is 2.22 bits per heavy atom. The van der Waals surface area contributed by atoms with Crippen LogP contribution in [0.1, 0.15) is 31.7 Å². The Morgan fingerprint density at radius 2 is 1.61 bits per heavy atom. The molecular weight excluding hydrogens is 520 g/mol. The molecule has 1 unspecified atom stereocenters. The Labute approximate surface area is 240 Å². The van der Waals surface area contributed by atoms with Gasteiger partial charge in [0, 0.05) is 24.4 Å². The van der Waals surface area contributed by atoms with Gasteiger partial charge in [-0.15, -0.1) is 5.10 Å². The summed E-state index contributed by atoms with van der Waals surface area (Å²) in [5.41, 5.74) is 3.18. The van der Waals surface area contributed by atoms with E-state index >= 15 is 0 Å². The third-order valence-corrected chi connectivity index (χ3v) is 6.82. The predicted octanol–water partition coefficient (Wildman–Crippen LogP) is 4.90. The predicted molar refractivity (Wildman–Crippen MR) is 158 cm³/mol. The highest BCUT2D eigenvalue weighted by Gasteiger charge is 2.30. The van der Waals surface area contributed by atoms with E-state index < -0.39 is 5.92 Å². The third-order valence-electron chi connectivity index (χ3n) is 6.82. The number of amides is 2. The maximum atomic E-state index is 13.8.